The summed E-state index contributed by atoms with van der Waals surface area (Å²) in [7, 11) is 0. The Bertz CT molecular complexity index is 787. The first-order chi connectivity index (χ1) is 12.1. The highest BCUT2D eigenvalue weighted by atomic mass is 16.3. The molecular weight excluding hydrogens is 314 g/mol. The number of aromatic nitrogens is 2. The van der Waals surface area contributed by atoms with Gasteiger partial charge >= 0.3 is 0 Å². The Morgan fingerprint density at radius 3 is 2.64 bits per heavy atom. The van der Waals surface area contributed by atoms with Crippen LogP contribution in [0, 0.1) is 13.8 Å². The summed E-state index contributed by atoms with van der Waals surface area (Å²) in [5, 5.41) is 10.1. The number of nitrogens with zero attached hydrogens (tertiary/aromatic N) is 1. The molecule has 2 N–H and O–H groups in total. The molecule has 0 aliphatic heterocycles. The summed E-state index contributed by atoms with van der Waals surface area (Å²) < 4.78 is 5.56. The van der Waals surface area contributed by atoms with Crippen molar-refractivity contribution in [3.8, 4) is 0 Å². The molecule has 130 valence electrons. The average molecular weight is 337 g/mol. The van der Waals surface area contributed by atoms with Gasteiger partial charge in [0.15, 0.2) is 0 Å². The molecule has 2 aromatic heterocycles. The number of carbonyl (C=O) groups is 1. The lowest BCUT2D eigenvalue weighted by atomic mass is 9.93. The summed E-state index contributed by atoms with van der Waals surface area (Å²) in [4.78, 5) is 12.5. The van der Waals surface area contributed by atoms with Crippen LogP contribution < -0.4 is 5.32 Å². The van der Waals surface area contributed by atoms with E-state index in [1.54, 1.807) is 6.26 Å². The number of benzene rings is 1. The molecule has 0 unspecified atom stereocenters. The van der Waals surface area contributed by atoms with E-state index in [0.29, 0.717) is 13.0 Å². The Hall–Kier alpha value is -2.82. The Morgan fingerprint density at radius 2 is 2.00 bits per heavy atom. The number of rotatable bonds is 7. The fourth-order valence-corrected chi connectivity index (χ4v) is 3.01. The van der Waals surface area contributed by atoms with Gasteiger partial charge in [0.1, 0.15) is 5.76 Å². The number of furan rings is 1. The highest BCUT2D eigenvalue weighted by Gasteiger charge is 2.19. The molecule has 0 aliphatic carbocycles. The molecule has 1 aromatic carbocycles. The van der Waals surface area contributed by atoms with E-state index >= 15 is 0 Å². The topological polar surface area (TPSA) is 70.9 Å². The molecule has 5 nitrogen and oxygen atoms in total. The van der Waals surface area contributed by atoms with Gasteiger partial charge in [-0.05, 0) is 38.0 Å². The zero-order valence-electron chi connectivity index (χ0n) is 14.6. The van der Waals surface area contributed by atoms with Crippen molar-refractivity contribution in [1.29, 1.82) is 0 Å². The minimum Gasteiger partial charge on any atom is -0.469 e. The van der Waals surface area contributed by atoms with E-state index < -0.39 is 0 Å². The number of aromatic amines is 1. The van der Waals surface area contributed by atoms with Crippen molar-refractivity contribution in [2.75, 3.05) is 0 Å². The molecule has 0 spiro atoms. The SMILES string of the molecule is Cc1n[nH]c(C)c1CNC(=O)C[C@H](Cc1ccccc1)c1ccco1. The van der Waals surface area contributed by atoms with Crippen LogP contribution in [-0.4, -0.2) is 16.1 Å². The summed E-state index contributed by atoms with van der Waals surface area (Å²) in [5.41, 5.74) is 4.15. The largest absolute Gasteiger partial charge is 0.469 e. The maximum atomic E-state index is 12.5. The molecule has 5 heteroatoms. The summed E-state index contributed by atoms with van der Waals surface area (Å²) in [6, 6.07) is 14.0. The van der Waals surface area contributed by atoms with Crippen molar-refractivity contribution in [2.45, 2.75) is 39.2 Å². The molecule has 0 fully saturated rings. The number of carbonyl (C=O) groups excluding carboxylic acids is 1. The van der Waals surface area contributed by atoms with Crippen LogP contribution in [-0.2, 0) is 17.8 Å². The monoisotopic (exact) mass is 337 g/mol. The maximum absolute atomic E-state index is 12.5. The zero-order valence-corrected chi connectivity index (χ0v) is 14.6. The summed E-state index contributed by atoms with van der Waals surface area (Å²) in [6.07, 6.45) is 2.81. The third kappa shape index (κ3) is 4.38. The molecule has 1 atom stereocenters. The summed E-state index contributed by atoms with van der Waals surface area (Å²) in [6.45, 7) is 4.39. The Morgan fingerprint density at radius 1 is 1.20 bits per heavy atom. The molecule has 25 heavy (non-hydrogen) atoms. The molecule has 0 radical (unpaired) electrons. The first-order valence-corrected chi connectivity index (χ1v) is 8.48. The lowest BCUT2D eigenvalue weighted by molar-refractivity contribution is -0.121. The molecular formula is C20H23N3O2. The molecule has 1 amide bonds. The molecule has 0 saturated carbocycles. The van der Waals surface area contributed by atoms with Crippen molar-refractivity contribution in [3.63, 3.8) is 0 Å². The zero-order chi connectivity index (χ0) is 17.6. The molecule has 3 aromatic rings. The predicted molar refractivity (Wildman–Crippen MR) is 96.1 cm³/mol. The lowest BCUT2D eigenvalue weighted by Crippen LogP contribution is -2.25. The molecule has 0 aliphatic rings. The van der Waals surface area contributed by atoms with Crippen LogP contribution in [0.5, 0.6) is 0 Å². The second-order valence-corrected chi connectivity index (χ2v) is 6.30. The van der Waals surface area contributed by atoms with Crippen LogP contribution in [0.3, 0.4) is 0 Å². The minimum absolute atomic E-state index is 0.0114. The standard InChI is InChI=1S/C20H23N3O2/c1-14-18(15(2)23-22-14)13-21-20(24)12-17(19-9-6-10-25-19)11-16-7-4-3-5-8-16/h3-10,17H,11-13H2,1-2H3,(H,21,24)(H,22,23)/t17-/m0/s1. The second-order valence-electron chi connectivity index (χ2n) is 6.30. The van der Waals surface area contributed by atoms with Crippen LogP contribution >= 0.6 is 0 Å². The number of aryl methyl sites for hydroxylation is 2. The van der Waals surface area contributed by atoms with Gasteiger partial charge in [0.05, 0.1) is 12.0 Å². The number of H-pyrrole nitrogens is 1. The van der Waals surface area contributed by atoms with Crippen LogP contribution in [0.15, 0.2) is 53.1 Å². The first kappa shape index (κ1) is 17.0. The number of amides is 1. The lowest BCUT2D eigenvalue weighted by Gasteiger charge is -2.15. The van der Waals surface area contributed by atoms with E-state index in [4.69, 9.17) is 4.42 Å². The van der Waals surface area contributed by atoms with E-state index in [1.165, 1.54) is 5.56 Å². The van der Waals surface area contributed by atoms with Crippen molar-refractivity contribution in [3.05, 3.63) is 77.0 Å². The fraction of sp³-hybridized carbons (Fsp3) is 0.300. The second kappa shape index (κ2) is 7.83. The average Bonchev–Trinajstić information content (AvgIpc) is 3.24. The van der Waals surface area contributed by atoms with Crippen LogP contribution in [0.25, 0.3) is 0 Å². The van der Waals surface area contributed by atoms with Gasteiger partial charge in [0.25, 0.3) is 0 Å². The quantitative estimate of drug-likeness (QED) is 0.691. The predicted octanol–water partition coefficient (Wildman–Crippen LogP) is 3.65. The summed E-state index contributed by atoms with van der Waals surface area (Å²) >= 11 is 0. The maximum Gasteiger partial charge on any atom is 0.221 e. The fourth-order valence-electron chi connectivity index (χ4n) is 3.01. The van der Waals surface area contributed by atoms with Gasteiger partial charge < -0.3 is 9.73 Å². The molecule has 0 saturated heterocycles. The van der Waals surface area contributed by atoms with Gasteiger partial charge in [-0.15, -0.1) is 0 Å². The molecule has 0 bridgehead atoms. The van der Waals surface area contributed by atoms with Gasteiger partial charge in [-0.25, -0.2) is 0 Å². The van der Waals surface area contributed by atoms with Crippen molar-refractivity contribution in [1.82, 2.24) is 15.5 Å². The van der Waals surface area contributed by atoms with Gasteiger partial charge in [0.2, 0.25) is 5.91 Å². The van der Waals surface area contributed by atoms with Gasteiger partial charge in [-0.2, -0.15) is 5.10 Å². The van der Waals surface area contributed by atoms with E-state index in [0.717, 1.165) is 29.1 Å². The molecule has 2 heterocycles. The smallest absolute Gasteiger partial charge is 0.221 e. The van der Waals surface area contributed by atoms with Crippen molar-refractivity contribution < 1.29 is 9.21 Å². The van der Waals surface area contributed by atoms with E-state index in [9.17, 15) is 4.79 Å². The first-order valence-electron chi connectivity index (χ1n) is 8.48. The number of hydrogen-bond donors (Lipinski definition) is 2. The Kier molecular flexibility index (Phi) is 5.33. The van der Waals surface area contributed by atoms with E-state index in [-0.39, 0.29) is 11.8 Å². The minimum atomic E-state index is 0.0114. The number of hydrogen-bond acceptors (Lipinski definition) is 3. The Balaban J connectivity index is 1.64. The summed E-state index contributed by atoms with van der Waals surface area (Å²) in [5.74, 6) is 0.871. The van der Waals surface area contributed by atoms with Crippen LogP contribution in [0.4, 0.5) is 0 Å². The van der Waals surface area contributed by atoms with Gasteiger partial charge in [0, 0.05) is 30.1 Å². The highest BCUT2D eigenvalue weighted by molar-refractivity contribution is 5.76. The van der Waals surface area contributed by atoms with E-state index in [1.807, 2.05) is 44.2 Å². The number of nitrogens with one attached hydrogen (secondary N) is 2. The van der Waals surface area contributed by atoms with E-state index in [2.05, 4.69) is 27.6 Å². The highest BCUT2D eigenvalue weighted by Crippen LogP contribution is 2.25. The van der Waals surface area contributed by atoms with Crippen LogP contribution in [0.1, 0.15) is 40.6 Å². The molecule has 3 rings (SSSR count). The van der Waals surface area contributed by atoms with Gasteiger partial charge in [-0.1, -0.05) is 30.3 Å². The van der Waals surface area contributed by atoms with Crippen LogP contribution in [0.2, 0.25) is 0 Å². The van der Waals surface area contributed by atoms with Gasteiger partial charge in [-0.3, -0.25) is 9.89 Å². The Labute approximate surface area is 147 Å². The third-order valence-corrected chi connectivity index (χ3v) is 4.45. The normalized spacial score (nSPS) is 12.1. The third-order valence-electron chi connectivity index (χ3n) is 4.45. The van der Waals surface area contributed by atoms with Crippen molar-refractivity contribution in [2.24, 2.45) is 0 Å². The van der Waals surface area contributed by atoms with Crippen molar-refractivity contribution >= 4 is 5.91 Å².